The van der Waals surface area contributed by atoms with E-state index >= 15 is 8.78 Å². The molecule has 1 heterocycles. The summed E-state index contributed by atoms with van der Waals surface area (Å²) < 4.78 is 35.4. The number of morpholine rings is 1. The van der Waals surface area contributed by atoms with E-state index in [4.69, 9.17) is 4.74 Å². The van der Waals surface area contributed by atoms with Crippen molar-refractivity contribution in [3.63, 3.8) is 0 Å². The molecule has 1 aliphatic heterocycles. The van der Waals surface area contributed by atoms with Crippen molar-refractivity contribution in [1.29, 1.82) is 0 Å². The van der Waals surface area contributed by atoms with Crippen LogP contribution in [0.15, 0.2) is 54.6 Å². The van der Waals surface area contributed by atoms with Gasteiger partial charge in [0.2, 0.25) is 11.8 Å². The molecule has 1 aromatic rings. The number of aliphatic hydroxyl groups is 2. The Bertz CT molecular complexity index is 1240. The van der Waals surface area contributed by atoms with Gasteiger partial charge in [0.05, 0.1) is 19.3 Å². The monoisotopic (exact) mass is 649 g/mol. The van der Waals surface area contributed by atoms with E-state index in [1.807, 2.05) is 13.0 Å². The number of nitrogens with zero attached hydrogens (tertiary/aromatic N) is 1. The fourth-order valence-corrected chi connectivity index (χ4v) is 5.26. The van der Waals surface area contributed by atoms with Crippen molar-refractivity contribution in [3.8, 4) is 0 Å². The van der Waals surface area contributed by atoms with Crippen molar-refractivity contribution in [2.24, 2.45) is 5.92 Å². The van der Waals surface area contributed by atoms with Crippen molar-refractivity contribution in [2.75, 3.05) is 33.4 Å². The Morgan fingerprint density at radius 1 is 1.00 bits per heavy atom. The van der Waals surface area contributed by atoms with E-state index in [0.29, 0.717) is 45.6 Å². The standard InChI is InChI=1S/C32H45F2N5O7/c1-3-4-15-24(27(40)38-26(21-23-13-9-6-10-14-23)32(44,45)31(33,34)29(42)35-2)36-28(41)25(20-22-11-7-5-8-12-22)37-30(43)39-16-18-46-19-17-39/h5-13,23-26,44-45H,3-4,14-21H2,1-2H3,(H,35,42)(H,36,41)(H,37,43)(H,38,40)/t23-,24+,25+,26+/m1/s1. The van der Waals surface area contributed by atoms with Gasteiger partial charge < -0.3 is 41.1 Å². The number of hydrogen-bond donors (Lipinski definition) is 6. The molecule has 14 heteroatoms. The predicted octanol–water partition coefficient (Wildman–Crippen LogP) is 1.38. The molecule has 0 saturated carbocycles. The van der Waals surface area contributed by atoms with Crippen LogP contribution < -0.4 is 21.3 Å². The number of alkyl halides is 2. The third-order valence-corrected chi connectivity index (χ3v) is 8.06. The molecule has 5 amide bonds. The molecular weight excluding hydrogens is 604 g/mol. The molecule has 254 valence electrons. The quantitative estimate of drug-likeness (QED) is 0.156. The smallest absolute Gasteiger partial charge is 0.378 e. The van der Waals surface area contributed by atoms with Gasteiger partial charge in [-0.2, -0.15) is 8.78 Å². The van der Waals surface area contributed by atoms with Crippen LogP contribution in [0.5, 0.6) is 0 Å². The highest BCUT2D eigenvalue weighted by Crippen LogP contribution is 2.34. The summed E-state index contributed by atoms with van der Waals surface area (Å²) in [5.41, 5.74) is 0.746. The van der Waals surface area contributed by atoms with Crippen LogP contribution in [0.2, 0.25) is 0 Å². The lowest BCUT2D eigenvalue weighted by Crippen LogP contribution is -2.68. The largest absolute Gasteiger partial charge is 0.378 e. The summed E-state index contributed by atoms with van der Waals surface area (Å²) >= 11 is 0. The van der Waals surface area contributed by atoms with Crippen LogP contribution in [0.4, 0.5) is 13.6 Å². The Morgan fingerprint density at radius 2 is 1.67 bits per heavy atom. The highest BCUT2D eigenvalue weighted by molar-refractivity contribution is 5.92. The number of hydrogen-bond acceptors (Lipinski definition) is 7. The van der Waals surface area contributed by atoms with Gasteiger partial charge in [-0.3, -0.25) is 14.4 Å². The molecule has 0 bridgehead atoms. The van der Waals surface area contributed by atoms with E-state index in [0.717, 1.165) is 12.6 Å². The topological polar surface area (TPSA) is 169 Å². The minimum absolute atomic E-state index is 0.0953. The Kier molecular flexibility index (Phi) is 13.6. The normalized spacial score (nSPS) is 18.7. The fraction of sp³-hybridized carbons (Fsp3) is 0.562. The summed E-state index contributed by atoms with van der Waals surface area (Å²) in [6.07, 6.45) is 8.17. The first-order valence-corrected chi connectivity index (χ1v) is 15.6. The van der Waals surface area contributed by atoms with Gasteiger partial charge in [0.15, 0.2) is 0 Å². The van der Waals surface area contributed by atoms with Crippen molar-refractivity contribution < 1.29 is 42.9 Å². The second-order valence-electron chi connectivity index (χ2n) is 11.5. The van der Waals surface area contributed by atoms with Crippen LogP contribution >= 0.6 is 0 Å². The van der Waals surface area contributed by atoms with Gasteiger partial charge >= 0.3 is 12.0 Å². The van der Waals surface area contributed by atoms with E-state index in [2.05, 4.69) is 16.0 Å². The van der Waals surface area contributed by atoms with Crippen LogP contribution in [0, 0.1) is 5.92 Å². The summed E-state index contributed by atoms with van der Waals surface area (Å²) in [5, 5.41) is 30.9. The first kappa shape index (κ1) is 36.6. The highest BCUT2D eigenvalue weighted by Gasteiger charge is 2.62. The van der Waals surface area contributed by atoms with Crippen molar-refractivity contribution in [1.82, 2.24) is 26.2 Å². The zero-order chi connectivity index (χ0) is 33.7. The van der Waals surface area contributed by atoms with E-state index in [1.165, 1.54) is 4.90 Å². The summed E-state index contributed by atoms with van der Waals surface area (Å²) in [7, 11) is 0.925. The van der Waals surface area contributed by atoms with Crippen LogP contribution in [-0.2, 0) is 25.5 Å². The number of ether oxygens (including phenoxy) is 1. The van der Waals surface area contributed by atoms with Crippen LogP contribution in [0.1, 0.15) is 44.6 Å². The second-order valence-corrected chi connectivity index (χ2v) is 11.5. The molecular formula is C32H45F2N5O7. The molecule has 1 fully saturated rings. The number of nitrogens with one attached hydrogen (secondary N) is 4. The minimum Gasteiger partial charge on any atom is -0.378 e. The average Bonchev–Trinajstić information content (AvgIpc) is 3.06. The molecule has 1 aliphatic carbocycles. The van der Waals surface area contributed by atoms with E-state index in [-0.39, 0.29) is 19.3 Å². The van der Waals surface area contributed by atoms with Crippen LogP contribution in [-0.4, -0.2) is 102 Å². The molecule has 2 aliphatic rings. The number of rotatable bonds is 15. The Morgan fingerprint density at radius 3 is 2.28 bits per heavy atom. The molecule has 6 N–H and O–H groups in total. The molecule has 0 aromatic heterocycles. The minimum atomic E-state index is -4.69. The molecule has 46 heavy (non-hydrogen) atoms. The number of amides is 5. The van der Waals surface area contributed by atoms with Gasteiger partial charge in [0.25, 0.3) is 11.7 Å². The first-order valence-electron chi connectivity index (χ1n) is 15.6. The number of carbonyl (C=O) groups is 4. The number of urea groups is 1. The third kappa shape index (κ3) is 9.81. The third-order valence-electron chi connectivity index (χ3n) is 8.06. The fourth-order valence-electron chi connectivity index (χ4n) is 5.26. The van der Waals surface area contributed by atoms with Crippen molar-refractivity contribution in [2.45, 2.75) is 75.3 Å². The van der Waals surface area contributed by atoms with Gasteiger partial charge in [-0.15, -0.1) is 0 Å². The van der Waals surface area contributed by atoms with E-state index < -0.39 is 59.5 Å². The molecule has 0 spiro atoms. The maximum absolute atomic E-state index is 15.0. The molecule has 1 saturated heterocycles. The Balaban J connectivity index is 1.85. The molecule has 12 nitrogen and oxygen atoms in total. The summed E-state index contributed by atoms with van der Waals surface area (Å²) in [6, 6.07) is 4.09. The maximum Gasteiger partial charge on any atom is 0.378 e. The lowest BCUT2D eigenvalue weighted by molar-refractivity contribution is -0.296. The highest BCUT2D eigenvalue weighted by atomic mass is 19.3. The number of benzene rings is 1. The lowest BCUT2D eigenvalue weighted by Gasteiger charge is -2.38. The second kappa shape index (κ2) is 17.2. The predicted molar refractivity (Wildman–Crippen MR) is 165 cm³/mol. The summed E-state index contributed by atoms with van der Waals surface area (Å²) in [6.45, 7) is 3.25. The Labute approximate surface area is 267 Å². The van der Waals surface area contributed by atoms with E-state index in [9.17, 15) is 29.4 Å². The van der Waals surface area contributed by atoms with Crippen molar-refractivity contribution >= 4 is 23.8 Å². The van der Waals surface area contributed by atoms with Gasteiger partial charge in [0, 0.05) is 26.6 Å². The number of carbonyl (C=O) groups excluding carboxylic acids is 4. The number of unbranched alkanes of at least 4 members (excludes halogenated alkanes) is 1. The van der Waals surface area contributed by atoms with Gasteiger partial charge in [-0.1, -0.05) is 74.4 Å². The average molecular weight is 650 g/mol. The van der Waals surface area contributed by atoms with E-state index in [1.54, 1.807) is 53.9 Å². The van der Waals surface area contributed by atoms with Gasteiger partial charge in [-0.25, -0.2) is 4.79 Å². The summed E-state index contributed by atoms with van der Waals surface area (Å²) in [4.78, 5) is 53.9. The zero-order valence-electron chi connectivity index (χ0n) is 26.2. The first-order chi connectivity index (χ1) is 21.9. The molecule has 3 rings (SSSR count). The SMILES string of the molecule is CCCC[C@H](NC(=O)[C@H](Cc1ccccc1)NC(=O)N1CCOCC1)C(=O)N[C@@H](C[C@@H]1C=CC=CC1)C(O)(O)C(F)(F)C(=O)NC. The van der Waals surface area contributed by atoms with Crippen LogP contribution in [0.3, 0.4) is 0 Å². The van der Waals surface area contributed by atoms with Crippen LogP contribution in [0.25, 0.3) is 0 Å². The van der Waals surface area contributed by atoms with Gasteiger partial charge in [0.1, 0.15) is 12.1 Å². The Hall–Kier alpha value is -3.88. The maximum atomic E-state index is 15.0. The summed E-state index contributed by atoms with van der Waals surface area (Å²) in [5.74, 6) is -12.7. The molecule has 0 radical (unpaired) electrons. The lowest BCUT2D eigenvalue weighted by atomic mass is 9.86. The number of halogens is 2. The molecule has 1 aromatic carbocycles. The molecule has 4 atom stereocenters. The number of allylic oxidation sites excluding steroid dienone is 4. The zero-order valence-corrected chi connectivity index (χ0v) is 26.2. The van der Waals surface area contributed by atoms with Crippen molar-refractivity contribution in [3.05, 3.63) is 60.2 Å². The van der Waals surface area contributed by atoms with Gasteiger partial charge in [-0.05, 0) is 30.7 Å². The molecule has 0 unspecified atom stereocenters.